The Bertz CT molecular complexity index is 767. The van der Waals surface area contributed by atoms with Crippen molar-refractivity contribution in [2.75, 3.05) is 11.4 Å². The Labute approximate surface area is 129 Å². The molecule has 0 atom stereocenters. The maximum atomic E-state index is 11.8. The lowest BCUT2D eigenvalue weighted by atomic mass is 10.1. The third-order valence-electron chi connectivity index (χ3n) is 4.06. The topological polar surface area (TPSA) is 42.4 Å². The van der Waals surface area contributed by atoms with Gasteiger partial charge in [-0.15, -0.1) is 0 Å². The van der Waals surface area contributed by atoms with Crippen LogP contribution in [0.5, 0.6) is 11.5 Å². The summed E-state index contributed by atoms with van der Waals surface area (Å²) < 4.78 is 5.93. The first-order chi connectivity index (χ1) is 10.8. The minimum Gasteiger partial charge on any atom is -0.457 e. The van der Waals surface area contributed by atoms with Gasteiger partial charge in [-0.05, 0) is 42.2 Å². The Morgan fingerprint density at radius 3 is 2.91 bits per heavy atom. The van der Waals surface area contributed by atoms with Crippen LogP contribution in [-0.2, 0) is 11.2 Å². The van der Waals surface area contributed by atoms with Crippen LogP contribution in [0, 0.1) is 0 Å². The van der Waals surface area contributed by atoms with E-state index in [0.717, 1.165) is 25.1 Å². The van der Waals surface area contributed by atoms with Crippen LogP contribution in [0.2, 0.25) is 0 Å². The monoisotopic (exact) mass is 292 g/mol. The number of pyridine rings is 1. The number of rotatable bonds is 3. The van der Waals surface area contributed by atoms with E-state index in [2.05, 4.69) is 23.2 Å². The SMILES string of the molecule is O=C1CCCN1c1cc(Oc2ccc3c(c2)C=CC3)ccn1. The van der Waals surface area contributed by atoms with Crippen molar-refractivity contribution in [3.05, 3.63) is 53.7 Å². The predicted octanol–water partition coefficient (Wildman–Crippen LogP) is 3.57. The van der Waals surface area contributed by atoms with E-state index in [-0.39, 0.29) is 5.91 Å². The molecule has 0 saturated carbocycles. The summed E-state index contributed by atoms with van der Waals surface area (Å²) in [6.45, 7) is 0.735. The molecule has 1 aliphatic heterocycles. The fourth-order valence-electron chi connectivity index (χ4n) is 2.93. The minimum atomic E-state index is 0.132. The second kappa shape index (κ2) is 5.30. The maximum Gasteiger partial charge on any atom is 0.228 e. The van der Waals surface area contributed by atoms with Gasteiger partial charge < -0.3 is 4.74 Å². The van der Waals surface area contributed by atoms with Crippen molar-refractivity contribution in [2.45, 2.75) is 19.3 Å². The van der Waals surface area contributed by atoms with Crippen molar-refractivity contribution in [1.82, 2.24) is 4.98 Å². The predicted molar refractivity (Wildman–Crippen MR) is 85.1 cm³/mol. The molecular weight excluding hydrogens is 276 g/mol. The highest BCUT2D eigenvalue weighted by atomic mass is 16.5. The second-order valence-corrected chi connectivity index (χ2v) is 5.57. The van der Waals surface area contributed by atoms with Crippen molar-refractivity contribution in [1.29, 1.82) is 0 Å². The molecule has 2 aromatic rings. The first-order valence-corrected chi connectivity index (χ1v) is 7.53. The first-order valence-electron chi connectivity index (χ1n) is 7.53. The average Bonchev–Trinajstić information content (AvgIpc) is 3.15. The largest absolute Gasteiger partial charge is 0.457 e. The number of ether oxygens (including phenoxy) is 1. The van der Waals surface area contributed by atoms with Gasteiger partial charge in [0.15, 0.2) is 0 Å². The van der Waals surface area contributed by atoms with Crippen LogP contribution < -0.4 is 9.64 Å². The van der Waals surface area contributed by atoms with Gasteiger partial charge >= 0.3 is 0 Å². The summed E-state index contributed by atoms with van der Waals surface area (Å²) in [4.78, 5) is 17.8. The van der Waals surface area contributed by atoms with Crippen LogP contribution >= 0.6 is 0 Å². The molecule has 110 valence electrons. The lowest BCUT2D eigenvalue weighted by Gasteiger charge is -2.15. The van der Waals surface area contributed by atoms with Crippen molar-refractivity contribution in [3.63, 3.8) is 0 Å². The molecule has 1 fully saturated rings. The normalized spacial score (nSPS) is 16.2. The van der Waals surface area contributed by atoms with Gasteiger partial charge in [0, 0.05) is 25.2 Å². The average molecular weight is 292 g/mol. The second-order valence-electron chi connectivity index (χ2n) is 5.57. The van der Waals surface area contributed by atoms with E-state index >= 15 is 0 Å². The summed E-state index contributed by atoms with van der Waals surface area (Å²) in [5.74, 6) is 2.30. The summed E-state index contributed by atoms with van der Waals surface area (Å²) >= 11 is 0. The Balaban J connectivity index is 1.58. The van der Waals surface area contributed by atoms with Crippen LogP contribution in [0.15, 0.2) is 42.6 Å². The number of hydrogen-bond donors (Lipinski definition) is 0. The summed E-state index contributed by atoms with van der Waals surface area (Å²) in [5, 5.41) is 0. The van der Waals surface area contributed by atoms with Gasteiger partial charge in [0.25, 0.3) is 0 Å². The number of benzene rings is 1. The van der Waals surface area contributed by atoms with E-state index in [0.29, 0.717) is 18.0 Å². The summed E-state index contributed by atoms with van der Waals surface area (Å²) in [5.41, 5.74) is 2.53. The quantitative estimate of drug-likeness (QED) is 0.868. The number of hydrogen-bond acceptors (Lipinski definition) is 3. The molecule has 0 N–H and O–H groups in total. The molecule has 4 nitrogen and oxygen atoms in total. The van der Waals surface area contributed by atoms with Crippen LogP contribution in [0.25, 0.3) is 6.08 Å². The molecule has 1 aliphatic carbocycles. The molecule has 1 saturated heterocycles. The summed E-state index contributed by atoms with van der Waals surface area (Å²) in [6.07, 6.45) is 8.43. The van der Waals surface area contributed by atoms with Gasteiger partial charge in [0.1, 0.15) is 17.3 Å². The van der Waals surface area contributed by atoms with Gasteiger partial charge in [0.2, 0.25) is 5.91 Å². The molecule has 0 spiro atoms. The number of allylic oxidation sites excluding steroid dienone is 1. The Morgan fingerprint density at radius 1 is 1.14 bits per heavy atom. The van der Waals surface area contributed by atoms with Crippen LogP contribution in [-0.4, -0.2) is 17.4 Å². The van der Waals surface area contributed by atoms with Gasteiger partial charge in [0.05, 0.1) is 0 Å². The van der Waals surface area contributed by atoms with E-state index in [4.69, 9.17) is 4.74 Å². The fraction of sp³-hybridized carbons (Fsp3) is 0.222. The standard InChI is InChI=1S/C18H16N2O2/c21-18-5-2-10-20(18)17-12-16(8-9-19-17)22-15-7-6-13-3-1-4-14(13)11-15/h1,4,6-9,11-12H,2-3,5,10H2. The third-order valence-corrected chi connectivity index (χ3v) is 4.06. The zero-order valence-electron chi connectivity index (χ0n) is 12.2. The molecule has 0 bridgehead atoms. The van der Waals surface area contributed by atoms with E-state index in [1.807, 2.05) is 24.3 Å². The van der Waals surface area contributed by atoms with Crippen molar-refractivity contribution >= 4 is 17.8 Å². The molecule has 4 rings (SSSR count). The van der Waals surface area contributed by atoms with Crippen molar-refractivity contribution in [3.8, 4) is 11.5 Å². The van der Waals surface area contributed by atoms with E-state index in [1.54, 1.807) is 11.1 Å². The maximum absolute atomic E-state index is 11.8. The number of amides is 1. The molecule has 4 heteroatoms. The van der Waals surface area contributed by atoms with E-state index < -0.39 is 0 Å². The first kappa shape index (κ1) is 13.1. The minimum absolute atomic E-state index is 0.132. The van der Waals surface area contributed by atoms with Gasteiger partial charge in [-0.3, -0.25) is 9.69 Å². The highest BCUT2D eigenvalue weighted by molar-refractivity contribution is 5.94. The van der Waals surface area contributed by atoms with Crippen LogP contribution in [0.3, 0.4) is 0 Å². The number of carbonyl (C=O) groups excluding carboxylic acids is 1. The van der Waals surface area contributed by atoms with Crippen molar-refractivity contribution in [2.24, 2.45) is 0 Å². The molecule has 1 amide bonds. The van der Waals surface area contributed by atoms with Crippen molar-refractivity contribution < 1.29 is 9.53 Å². The molecular formula is C18H16N2O2. The van der Waals surface area contributed by atoms with Crippen LogP contribution in [0.4, 0.5) is 5.82 Å². The molecule has 0 radical (unpaired) electrons. The van der Waals surface area contributed by atoms with Gasteiger partial charge in [-0.2, -0.15) is 0 Å². The Morgan fingerprint density at radius 2 is 2.05 bits per heavy atom. The number of carbonyl (C=O) groups is 1. The summed E-state index contributed by atoms with van der Waals surface area (Å²) in [6, 6.07) is 9.75. The number of fused-ring (bicyclic) bond motifs is 1. The van der Waals surface area contributed by atoms with E-state index in [9.17, 15) is 4.79 Å². The lowest BCUT2D eigenvalue weighted by Crippen LogP contribution is -2.24. The van der Waals surface area contributed by atoms with Crippen LogP contribution in [0.1, 0.15) is 24.0 Å². The highest BCUT2D eigenvalue weighted by Gasteiger charge is 2.23. The molecule has 2 heterocycles. The zero-order valence-corrected chi connectivity index (χ0v) is 12.2. The van der Waals surface area contributed by atoms with E-state index in [1.165, 1.54) is 11.1 Å². The third kappa shape index (κ3) is 2.37. The number of nitrogens with zero attached hydrogens (tertiary/aromatic N) is 2. The lowest BCUT2D eigenvalue weighted by molar-refractivity contribution is -0.117. The highest BCUT2D eigenvalue weighted by Crippen LogP contribution is 2.29. The zero-order chi connectivity index (χ0) is 14.9. The Hall–Kier alpha value is -2.62. The fourth-order valence-corrected chi connectivity index (χ4v) is 2.93. The molecule has 2 aliphatic rings. The Kier molecular flexibility index (Phi) is 3.15. The number of anilines is 1. The van der Waals surface area contributed by atoms with Gasteiger partial charge in [-0.25, -0.2) is 4.98 Å². The number of aromatic nitrogens is 1. The van der Waals surface area contributed by atoms with Gasteiger partial charge in [-0.1, -0.05) is 18.2 Å². The molecule has 0 unspecified atom stereocenters. The molecule has 1 aromatic heterocycles. The molecule has 1 aromatic carbocycles. The summed E-state index contributed by atoms with van der Waals surface area (Å²) in [7, 11) is 0. The smallest absolute Gasteiger partial charge is 0.228 e. The molecule has 22 heavy (non-hydrogen) atoms.